The fourth-order valence-electron chi connectivity index (χ4n) is 9.16. The first kappa shape index (κ1) is 30.1. The number of benzene rings is 6. The second kappa shape index (κ2) is 12.0. The number of furan rings is 2. The van der Waals surface area contributed by atoms with Gasteiger partial charge in [0.25, 0.3) is 0 Å². The first-order valence-electron chi connectivity index (χ1n) is 18.8. The van der Waals surface area contributed by atoms with Gasteiger partial charge in [0.05, 0.1) is 21.8 Å². The summed E-state index contributed by atoms with van der Waals surface area (Å²) >= 11 is 1.86. The predicted octanol–water partition coefficient (Wildman–Crippen LogP) is 14.8. The van der Waals surface area contributed by atoms with Crippen molar-refractivity contribution in [2.45, 2.75) is 50.9 Å². The Morgan fingerprint density at radius 1 is 0.615 bits per heavy atom. The number of aryl methyl sites for hydroxylation is 1. The van der Waals surface area contributed by atoms with E-state index in [1.165, 1.54) is 79.9 Å². The van der Waals surface area contributed by atoms with Gasteiger partial charge in [0, 0.05) is 54.7 Å². The summed E-state index contributed by atoms with van der Waals surface area (Å²) in [5, 5.41) is 6.11. The van der Waals surface area contributed by atoms with E-state index < -0.39 is 0 Å². The summed E-state index contributed by atoms with van der Waals surface area (Å²) in [6.45, 7) is 0. The highest BCUT2D eigenvalue weighted by molar-refractivity contribution is 7.26. The molecule has 0 atom stereocenters. The van der Waals surface area contributed by atoms with Crippen molar-refractivity contribution < 1.29 is 8.83 Å². The molecule has 9 aromatic rings. The van der Waals surface area contributed by atoms with Crippen LogP contribution in [0.3, 0.4) is 0 Å². The normalized spacial score (nSPS) is 15.0. The number of nitrogens with zero attached hydrogens (tertiary/aromatic N) is 1. The molecule has 252 valence electrons. The third-order valence-electron chi connectivity index (χ3n) is 11.5. The number of hydrogen-bond donors (Lipinski definition) is 0. The van der Waals surface area contributed by atoms with Gasteiger partial charge in [-0.05, 0) is 61.1 Å². The van der Waals surface area contributed by atoms with Gasteiger partial charge in [-0.1, -0.05) is 122 Å². The van der Waals surface area contributed by atoms with Gasteiger partial charge >= 0.3 is 0 Å². The minimum Gasteiger partial charge on any atom is -0.460 e. The van der Waals surface area contributed by atoms with Crippen LogP contribution in [0.4, 0.5) is 17.1 Å². The number of para-hydroxylation sites is 2. The Morgan fingerprint density at radius 2 is 1.37 bits per heavy atom. The quantitative estimate of drug-likeness (QED) is 0.180. The summed E-state index contributed by atoms with van der Waals surface area (Å²) in [5.41, 5.74) is 11.2. The smallest absolute Gasteiger partial charge is 0.159 e. The molecular formula is C48H37NO2S. The second-order valence-corrected chi connectivity index (χ2v) is 15.5. The average Bonchev–Trinajstić information content (AvgIpc) is 3.90. The van der Waals surface area contributed by atoms with E-state index in [9.17, 15) is 0 Å². The van der Waals surface area contributed by atoms with Gasteiger partial charge in [-0.25, -0.2) is 0 Å². The number of hydrogen-bond acceptors (Lipinski definition) is 4. The summed E-state index contributed by atoms with van der Waals surface area (Å²) in [6.07, 6.45) is 12.8. The summed E-state index contributed by atoms with van der Waals surface area (Å²) in [5.74, 6) is 1.57. The lowest BCUT2D eigenvalue weighted by molar-refractivity contribution is 0.444. The number of thiophene rings is 1. The van der Waals surface area contributed by atoms with Crippen LogP contribution < -0.4 is 4.90 Å². The zero-order valence-electron chi connectivity index (χ0n) is 28.9. The van der Waals surface area contributed by atoms with Gasteiger partial charge in [0.1, 0.15) is 16.9 Å². The van der Waals surface area contributed by atoms with Crippen molar-refractivity contribution in [1.82, 2.24) is 0 Å². The van der Waals surface area contributed by atoms with E-state index in [4.69, 9.17) is 8.83 Å². The molecule has 0 radical (unpaired) electrons. The number of allylic oxidation sites excluding steroid dienone is 1. The van der Waals surface area contributed by atoms with Crippen LogP contribution in [0, 0.1) is 0 Å². The van der Waals surface area contributed by atoms with Gasteiger partial charge in [0.2, 0.25) is 0 Å². The lowest BCUT2D eigenvalue weighted by Gasteiger charge is -2.28. The molecule has 0 saturated heterocycles. The molecule has 0 aliphatic heterocycles. The molecule has 0 unspecified atom stereocenters. The number of fused-ring (bicyclic) bond motifs is 9. The van der Waals surface area contributed by atoms with E-state index in [0.29, 0.717) is 5.92 Å². The third kappa shape index (κ3) is 4.57. The van der Waals surface area contributed by atoms with Gasteiger partial charge in [0.15, 0.2) is 5.58 Å². The summed E-state index contributed by atoms with van der Waals surface area (Å²) in [6, 6.07) is 44.0. The highest BCUT2D eigenvalue weighted by atomic mass is 32.1. The lowest BCUT2D eigenvalue weighted by atomic mass is 9.81. The van der Waals surface area contributed by atoms with Gasteiger partial charge in [-0.15, -0.1) is 11.3 Å². The van der Waals surface area contributed by atoms with Gasteiger partial charge in [-0.2, -0.15) is 0 Å². The largest absolute Gasteiger partial charge is 0.460 e. The fraction of sp³-hybridized carbons (Fsp3) is 0.167. The molecule has 3 aromatic heterocycles. The van der Waals surface area contributed by atoms with E-state index in [1.807, 2.05) is 11.3 Å². The Kier molecular flexibility index (Phi) is 6.94. The fourth-order valence-corrected chi connectivity index (χ4v) is 10.4. The molecule has 0 spiro atoms. The monoisotopic (exact) mass is 691 g/mol. The van der Waals surface area contributed by atoms with Crippen LogP contribution in [0.25, 0.3) is 70.3 Å². The Morgan fingerprint density at radius 3 is 2.27 bits per heavy atom. The molecule has 2 aliphatic rings. The van der Waals surface area contributed by atoms with E-state index in [2.05, 4.69) is 138 Å². The van der Waals surface area contributed by atoms with Crippen LogP contribution in [-0.2, 0) is 6.42 Å². The van der Waals surface area contributed by atoms with Crippen molar-refractivity contribution in [3.63, 3.8) is 0 Å². The summed E-state index contributed by atoms with van der Waals surface area (Å²) in [4.78, 5) is 2.46. The molecule has 3 heterocycles. The molecule has 2 aliphatic carbocycles. The Hall–Kier alpha value is -5.58. The molecule has 11 rings (SSSR count). The van der Waals surface area contributed by atoms with Crippen LogP contribution in [0.5, 0.6) is 0 Å². The summed E-state index contributed by atoms with van der Waals surface area (Å²) < 4.78 is 16.6. The Balaban J connectivity index is 1.24. The highest BCUT2D eigenvalue weighted by Crippen LogP contribution is 2.52. The Labute approximate surface area is 306 Å². The first-order chi connectivity index (χ1) is 25.8. The van der Waals surface area contributed by atoms with E-state index >= 15 is 0 Å². The highest BCUT2D eigenvalue weighted by Gasteiger charge is 2.30. The van der Waals surface area contributed by atoms with Crippen molar-refractivity contribution in [2.24, 2.45) is 0 Å². The summed E-state index contributed by atoms with van der Waals surface area (Å²) in [7, 11) is 0. The zero-order chi connectivity index (χ0) is 34.2. The molecule has 6 aromatic carbocycles. The van der Waals surface area contributed by atoms with Crippen LogP contribution in [-0.4, -0.2) is 0 Å². The lowest BCUT2D eigenvalue weighted by Crippen LogP contribution is -2.11. The van der Waals surface area contributed by atoms with E-state index in [1.54, 1.807) is 0 Å². The zero-order valence-corrected chi connectivity index (χ0v) is 29.7. The molecule has 4 heteroatoms. The first-order valence-corrected chi connectivity index (χ1v) is 19.6. The molecule has 3 nitrogen and oxygen atoms in total. The molecule has 52 heavy (non-hydrogen) atoms. The molecular weight excluding hydrogens is 655 g/mol. The minimum atomic E-state index is 0.447. The predicted molar refractivity (Wildman–Crippen MR) is 220 cm³/mol. The molecule has 0 amide bonds. The van der Waals surface area contributed by atoms with Crippen LogP contribution >= 0.6 is 11.3 Å². The molecule has 1 saturated carbocycles. The molecule has 0 bridgehead atoms. The van der Waals surface area contributed by atoms with Crippen molar-refractivity contribution in [3.8, 4) is 11.1 Å². The number of anilines is 3. The van der Waals surface area contributed by atoms with Gasteiger partial charge in [-0.3, -0.25) is 0 Å². The maximum absolute atomic E-state index is 7.37. The van der Waals surface area contributed by atoms with Crippen molar-refractivity contribution in [3.05, 3.63) is 144 Å². The average molecular weight is 692 g/mol. The van der Waals surface area contributed by atoms with Crippen LogP contribution in [0.2, 0.25) is 0 Å². The van der Waals surface area contributed by atoms with E-state index in [0.717, 1.165) is 63.2 Å². The molecule has 0 N–H and O–H groups in total. The standard InChI is InChI=1S/C48H37NO2S/c1-3-15-30(16-4-1)32-19-7-10-24-38(32)49(40-26-14-23-35-33-20-9-12-28-43(33)52-48(35)40)39-25-13-22-34-37-29-42-45(36-21-8-11-27-41(36)50-42)44(47(37)51-46(34)39)31-17-5-2-6-18-31/h1,3-4,7-10,12-16,19-26,28-29,31H,2,5-6,11,17-18,27H2. The van der Waals surface area contributed by atoms with Crippen molar-refractivity contribution >= 4 is 87.6 Å². The van der Waals surface area contributed by atoms with Crippen LogP contribution in [0.1, 0.15) is 61.3 Å². The van der Waals surface area contributed by atoms with E-state index in [-0.39, 0.29) is 0 Å². The minimum absolute atomic E-state index is 0.447. The maximum Gasteiger partial charge on any atom is 0.159 e. The molecule has 1 fully saturated rings. The van der Waals surface area contributed by atoms with Gasteiger partial charge < -0.3 is 13.7 Å². The van der Waals surface area contributed by atoms with Crippen molar-refractivity contribution in [1.29, 1.82) is 0 Å². The second-order valence-electron chi connectivity index (χ2n) is 14.5. The SMILES string of the molecule is C1=Cc2c(oc3cc4c(oc5c(N(c6ccccc6-c6ccccc6)c6cccc7c6sc6ccccc67)cccc54)c(C4CCCCC4)c23)CC1. The van der Waals surface area contributed by atoms with Crippen molar-refractivity contribution in [2.75, 3.05) is 4.90 Å². The van der Waals surface area contributed by atoms with Crippen LogP contribution in [0.15, 0.2) is 136 Å². The number of rotatable bonds is 5. The Bertz CT molecular complexity index is 2850. The topological polar surface area (TPSA) is 29.5 Å². The third-order valence-corrected chi connectivity index (χ3v) is 12.7. The maximum atomic E-state index is 7.37.